The van der Waals surface area contributed by atoms with E-state index >= 15 is 0 Å². The van der Waals surface area contributed by atoms with Crippen LogP contribution in [0.1, 0.15) is 11.5 Å². The third-order valence-electron chi connectivity index (χ3n) is 4.55. The van der Waals surface area contributed by atoms with Gasteiger partial charge >= 0.3 is 0 Å². The van der Waals surface area contributed by atoms with E-state index in [1.165, 1.54) is 17.8 Å². The first-order valence-corrected chi connectivity index (χ1v) is 10.4. The molecule has 0 bridgehead atoms. The van der Waals surface area contributed by atoms with Crippen molar-refractivity contribution >= 4 is 11.8 Å². The van der Waals surface area contributed by atoms with Crippen molar-refractivity contribution in [2.75, 3.05) is 14.2 Å². The summed E-state index contributed by atoms with van der Waals surface area (Å²) in [5, 5.41) is 0.501. The molecule has 0 unspecified atom stereocenters. The van der Waals surface area contributed by atoms with Gasteiger partial charge in [0.1, 0.15) is 5.76 Å². The van der Waals surface area contributed by atoms with E-state index < -0.39 is 0 Å². The van der Waals surface area contributed by atoms with Crippen molar-refractivity contribution in [3.05, 3.63) is 70.6 Å². The SMILES string of the molecule is COc1ccc(-c2nc(CSc3nc(-c4cccnc4)cc(=O)[nH]3)c(C)o2)cc1OC. The Bertz CT molecular complexity index is 1250. The summed E-state index contributed by atoms with van der Waals surface area (Å²) in [4.78, 5) is 28.1. The summed E-state index contributed by atoms with van der Waals surface area (Å²) in [5.41, 5.74) is 2.68. The number of nitrogens with one attached hydrogen (secondary N) is 1. The first-order chi connectivity index (χ1) is 15.1. The maximum absolute atomic E-state index is 12.1. The van der Waals surface area contributed by atoms with Crippen LogP contribution in [-0.4, -0.2) is 34.2 Å². The van der Waals surface area contributed by atoms with Gasteiger partial charge in [-0.1, -0.05) is 11.8 Å². The molecule has 1 aromatic carbocycles. The second-order valence-electron chi connectivity index (χ2n) is 6.56. The van der Waals surface area contributed by atoms with Crippen molar-refractivity contribution in [3.8, 4) is 34.2 Å². The van der Waals surface area contributed by atoms with Gasteiger partial charge in [-0.25, -0.2) is 9.97 Å². The highest BCUT2D eigenvalue weighted by atomic mass is 32.2. The molecule has 4 aromatic rings. The summed E-state index contributed by atoms with van der Waals surface area (Å²) in [5.74, 6) is 2.90. The Morgan fingerprint density at radius 2 is 1.90 bits per heavy atom. The average Bonchev–Trinajstić information content (AvgIpc) is 3.18. The van der Waals surface area contributed by atoms with Crippen LogP contribution in [0, 0.1) is 6.92 Å². The number of rotatable bonds is 7. The number of hydrogen-bond acceptors (Lipinski definition) is 8. The molecule has 0 aliphatic rings. The number of ether oxygens (including phenoxy) is 2. The summed E-state index contributed by atoms with van der Waals surface area (Å²) in [7, 11) is 3.17. The molecule has 0 amide bonds. The Labute approximate surface area is 182 Å². The van der Waals surface area contributed by atoms with Crippen LogP contribution in [0.15, 0.2) is 63.2 Å². The third-order valence-corrected chi connectivity index (χ3v) is 5.43. The molecule has 31 heavy (non-hydrogen) atoms. The van der Waals surface area contributed by atoms with E-state index in [0.717, 1.165) is 16.8 Å². The largest absolute Gasteiger partial charge is 0.493 e. The molecular weight excluding hydrogens is 416 g/mol. The lowest BCUT2D eigenvalue weighted by molar-refractivity contribution is 0.355. The molecule has 4 rings (SSSR count). The number of oxazole rings is 1. The minimum absolute atomic E-state index is 0.223. The van der Waals surface area contributed by atoms with Gasteiger partial charge in [-0.2, -0.15) is 0 Å². The maximum atomic E-state index is 12.1. The van der Waals surface area contributed by atoms with E-state index in [-0.39, 0.29) is 5.56 Å². The lowest BCUT2D eigenvalue weighted by Crippen LogP contribution is -2.08. The predicted octanol–water partition coefficient (Wildman–Crippen LogP) is 4.10. The quantitative estimate of drug-likeness (QED) is 0.341. The zero-order valence-electron chi connectivity index (χ0n) is 17.2. The number of thioether (sulfide) groups is 1. The molecule has 158 valence electrons. The van der Waals surface area contributed by atoms with Gasteiger partial charge in [0.05, 0.1) is 25.6 Å². The molecule has 1 N–H and O–H groups in total. The summed E-state index contributed by atoms with van der Waals surface area (Å²) in [6.07, 6.45) is 3.35. The van der Waals surface area contributed by atoms with Gasteiger partial charge in [-0.3, -0.25) is 9.78 Å². The van der Waals surface area contributed by atoms with Crippen LogP contribution < -0.4 is 15.0 Å². The lowest BCUT2D eigenvalue weighted by Gasteiger charge is -2.07. The Hall–Kier alpha value is -3.59. The lowest BCUT2D eigenvalue weighted by atomic mass is 10.2. The van der Waals surface area contributed by atoms with Gasteiger partial charge < -0.3 is 18.9 Å². The second-order valence-corrected chi connectivity index (χ2v) is 7.52. The first kappa shape index (κ1) is 20.7. The summed E-state index contributed by atoms with van der Waals surface area (Å²) < 4.78 is 16.5. The van der Waals surface area contributed by atoms with Gasteiger partial charge in [0, 0.05) is 35.3 Å². The van der Waals surface area contributed by atoms with Gasteiger partial charge in [0.15, 0.2) is 16.7 Å². The number of methoxy groups -OCH3 is 2. The zero-order valence-corrected chi connectivity index (χ0v) is 18.0. The second kappa shape index (κ2) is 9.05. The number of aromatic amines is 1. The molecule has 9 heteroatoms. The minimum atomic E-state index is -0.223. The van der Waals surface area contributed by atoms with E-state index in [1.54, 1.807) is 38.7 Å². The monoisotopic (exact) mass is 436 g/mol. The van der Waals surface area contributed by atoms with E-state index in [4.69, 9.17) is 13.9 Å². The molecule has 0 atom stereocenters. The fourth-order valence-corrected chi connectivity index (χ4v) is 3.83. The van der Waals surface area contributed by atoms with Crippen molar-refractivity contribution in [2.45, 2.75) is 17.8 Å². The number of pyridine rings is 1. The van der Waals surface area contributed by atoms with Crippen LogP contribution in [-0.2, 0) is 5.75 Å². The van der Waals surface area contributed by atoms with Crippen LogP contribution in [0.25, 0.3) is 22.7 Å². The fraction of sp³-hybridized carbons (Fsp3) is 0.182. The number of benzene rings is 1. The molecule has 0 radical (unpaired) electrons. The summed E-state index contributed by atoms with van der Waals surface area (Å²) >= 11 is 1.38. The normalized spacial score (nSPS) is 10.8. The number of H-pyrrole nitrogens is 1. The Kier molecular flexibility index (Phi) is 6.03. The number of hydrogen-bond donors (Lipinski definition) is 1. The van der Waals surface area contributed by atoms with Crippen LogP contribution in [0.4, 0.5) is 0 Å². The van der Waals surface area contributed by atoms with Crippen molar-refractivity contribution in [1.29, 1.82) is 0 Å². The molecule has 0 aliphatic heterocycles. The zero-order chi connectivity index (χ0) is 21.8. The Morgan fingerprint density at radius 1 is 1.06 bits per heavy atom. The summed E-state index contributed by atoms with van der Waals surface area (Å²) in [6, 6.07) is 10.6. The Balaban J connectivity index is 1.55. The summed E-state index contributed by atoms with van der Waals surface area (Å²) in [6.45, 7) is 1.86. The minimum Gasteiger partial charge on any atom is -0.493 e. The molecular formula is C22H20N4O4S. The molecule has 0 fully saturated rings. The molecule has 0 aliphatic carbocycles. The van der Waals surface area contributed by atoms with Crippen molar-refractivity contribution in [2.24, 2.45) is 0 Å². The van der Waals surface area contributed by atoms with E-state index in [0.29, 0.717) is 39.8 Å². The van der Waals surface area contributed by atoms with Crippen LogP contribution in [0.5, 0.6) is 11.5 Å². The van der Waals surface area contributed by atoms with Crippen molar-refractivity contribution < 1.29 is 13.9 Å². The van der Waals surface area contributed by atoms with E-state index in [9.17, 15) is 4.79 Å². The molecule has 3 heterocycles. The molecule has 3 aromatic heterocycles. The predicted molar refractivity (Wildman–Crippen MR) is 117 cm³/mol. The van der Waals surface area contributed by atoms with Gasteiger partial charge in [-0.15, -0.1) is 0 Å². The molecule has 8 nitrogen and oxygen atoms in total. The fourth-order valence-electron chi connectivity index (χ4n) is 2.96. The average molecular weight is 436 g/mol. The van der Waals surface area contributed by atoms with Crippen LogP contribution in [0.3, 0.4) is 0 Å². The van der Waals surface area contributed by atoms with E-state index in [1.807, 2.05) is 25.1 Å². The molecule has 0 spiro atoms. The van der Waals surface area contributed by atoms with Gasteiger partial charge in [-0.05, 0) is 37.3 Å². The topological polar surface area (TPSA) is 103 Å². The van der Waals surface area contributed by atoms with E-state index in [2.05, 4.69) is 19.9 Å². The highest BCUT2D eigenvalue weighted by Gasteiger charge is 2.15. The smallest absolute Gasteiger partial charge is 0.252 e. The van der Waals surface area contributed by atoms with Crippen molar-refractivity contribution in [1.82, 2.24) is 19.9 Å². The number of aryl methyl sites for hydroxylation is 1. The van der Waals surface area contributed by atoms with Gasteiger partial charge in [0.2, 0.25) is 5.89 Å². The third kappa shape index (κ3) is 4.61. The van der Waals surface area contributed by atoms with Crippen LogP contribution in [0.2, 0.25) is 0 Å². The standard InChI is InChI=1S/C22H20N4O4S/c1-13-17(24-21(30-13)14-6-7-18(28-2)19(9-14)29-3)12-31-22-25-16(10-20(27)26-22)15-5-4-8-23-11-15/h4-11H,12H2,1-3H3,(H,25,26,27). The Morgan fingerprint density at radius 3 is 2.65 bits per heavy atom. The number of nitrogens with zero attached hydrogens (tertiary/aromatic N) is 3. The first-order valence-electron chi connectivity index (χ1n) is 9.40. The molecule has 0 saturated carbocycles. The highest BCUT2D eigenvalue weighted by Crippen LogP contribution is 2.33. The van der Waals surface area contributed by atoms with Gasteiger partial charge in [0.25, 0.3) is 5.56 Å². The van der Waals surface area contributed by atoms with Crippen LogP contribution >= 0.6 is 11.8 Å². The molecule has 0 saturated heterocycles. The number of aromatic nitrogens is 4. The maximum Gasteiger partial charge on any atom is 0.252 e. The highest BCUT2D eigenvalue weighted by molar-refractivity contribution is 7.98. The van der Waals surface area contributed by atoms with Crippen molar-refractivity contribution in [3.63, 3.8) is 0 Å².